The minimum absolute atomic E-state index is 0.124. The molecule has 0 aliphatic carbocycles. The van der Waals surface area contributed by atoms with Crippen LogP contribution in [0, 0.1) is 6.92 Å². The lowest BCUT2D eigenvalue weighted by molar-refractivity contribution is -0.116. The largest absolute Gasteiger partial charge is 0.454 e. The molecule has 3 rings (SSSR count). The molecule has 2 aromatic carbocycles. The highest BCUT2D eigenvalue weighted by Gasteiger charge is 2.13. The number of benzene rings is 2. The molecule has 0 aromatic heterocycles. The van der Waals surface area contributed by atoms with E-state index in [4.69, 9.17) is 21.1 Å². The van der Waals surface area contributed by atoms with E-state index in [1.54, 1.807) is 6.07 Å². The SMILES string of the molecule is CCNC(=NCCC(=O)Nc1ccc(C)cc1Cl)NCCc1ccc2c(c1)OCO2. The molecule has 1 heterocycles. The van der Waals surface area contributed by atoms with Gasteiger partial charge in [-0.05, 0) is 55.7 Å². The van der Waals surface area contributed by atoms with Gasteiger partial charge >= 0.3 is 0 Å². The molecule has 3 N–H and O–H groups in total. The molecular weight excluding hydrogens is 404 g/mol. The summed E-state index contributed by atoms with van der Waals surface area (Å²) in [5.74, 6) is 2.12. The first-order chi connectivity index (χ1) is 14.5. The molecule has 0 radical (unpaired) electrons. The molecule has 1 aliphatic heterocycles. The second kappa shape index (κ2) is 10.7. The fraction of sp³-hybridized carbons (Fsp3) is 0.364. The van der Waals surface area contributed by atoms with E-state index in [1.165, 1.54) is 0 Å². The van der Waals surface area contributed by atoms with Crippen LogP contribution in [0.2, 0.25) is 5.02 Å². The van der Waals surface area contributed by atoms with Crippen molar-refractivity contribution in [2.75, 3.05) is 31.7 Å². The van der Waals surface area contributed by atoms with Gasteiger partial charge in [0, 0.05) is 19.5 Å². The number of carbonyl (C=O) groups excluding carboxylic acids is 1. The number of fused-ring (bicyclic) bond motifs is 1. The van der Waals surface area contributed by atoms with Crippen LogP contribution >= 0.6 is 11.6 Å². The molecule has 0 unspecified atom stereocenters. The summed E-state index contributed by atoms with van der Waals surface area (Å²) in [4.78, 5) is 16.7. The number of nitrogens with one attached hydrogen (secondary N) is 3. The second-order valence-corrected chi connectivity index (χ2v) is 7.31. The van der Waals surface area contributed by atoms with Crippen molar-refractivity contribution in [3.63, 3.8) is 0 Å². The molecular formula is C22H27ClN4O3. The van der Waals surface area contributed by atoms with E-state index < -0.39 is 0 Å². The van der Waals surface area contributed by atoms with Gasteiger partial charge in [0.1, 0.15) is 0 Å². The number of amides is 1. The molecule has 0 spiro atoms. The van der Waals surface area contributed by atoms with Crippen molar-refractivity contribution in [3.8, 4) is 11.5 Å². The maximum atomic E-state index is 12.2. The standard InChI is InChI=1S/C22H27ClN4O3/c1-3-24-22(25-10-8-16-5-7-19-20(13-16)30-14-29-19)26-11-9-21(28)27-18-6-4-15(2)12-17(18)23/h4-7,12-13H,3,8-11,14H2,1-2H3,(H,27,28)(H2,24,25,26). The molecule has 160 valence electrons. The Kier molecular flexibility index (Phi) is 7.79. The zero-order valence-corrected chi connectivity index (χ0v) is 18.0. The Balaban J connectivity index is 1.45. The summed E-state index contributed by atoms with van der Waals surface area (Å²) in [6.45, 7) is 6.04. The average Bonchev–Trinajstić information content (AvgIpc) is 3.18. The highest BCUT2D eigenvalue weighted by Crippen LogP contribution is 2.32. The van der Waals surface area contributed by atoms with E-state index in [9.17, 15) is 4.79 Å². The van der Waals surface area contributed by atoms with E-state index in [2.05, 4.69) is 20.9 Å². The van der Waals surface area contributed by atoms with Crippen molar-refractivity contribution >= 4 is 29.2 Å². The number of rotatable bonds is 8. The molecule has 0 fully saturated rings. The third-order valence-corrected chi connectivity index (χ3v) is 4.81. The molecule has 30 heavy (non-hydrogen) atoms. The van der Waals surface area contributed by atoms with Gasteiger partial charge in [0.25, 0.3) is 0 Å². The zero-order valence-electron chi connectivity index (χ0n) is 17.3. The number of hydrogen-bond acceptors (Lipinski definition) is 4. The number of carbonyl (C=O) groups is 1. The monoisotopic (exact) mass is 430 g/mol. The van der Waals surface area contributed by atoms with E-state index in [0.29, 0.717) is 29.8 Å². The van der Waals surface area contributed by atoms with Crippen LogP contribution in [0.1, 0.15) is 24.5 Å². The molecule has 0 bridgehead atoms. The van der Waals surface area contributed by atoms with Crippen LogP contribution in [-0.2, 0) is 11.2 Å². The lowest BCUT2D eigenvalue weighted by Gasteiger charge is -2.12. The molecule has 1 aliphatic rings. The average molecular weight is 431 g/mol. The lowest BCUT2D eigenvalue weighted by atomic mass is 10.1. The first kappa shape index (κ1) is 21.8. The number of ether oxygens (including phenoxy) is 2. The number of guanidine groups is 1. The minimum atomic E-state index is -0.124. The van der Waals surface area contributed by atoms with E-state index in [0.717, 1.165) is 35.6 Å². The lowest BCUT2D eigenvalue weighted by Crippen LogP contribution is -2.38. The Morgan fingerprint density at radius 1 is 1.13 bits per heavy atom. The van der Waals surface area contributed by atoms with E-state index in [1.807, 2.05) is 44.2 Å². The van der Waals surface area contributed by atoms with Gasteiger partial charge in [0.15, 0.2) is 17.5 Å². The van der Waals surface area contributed by atoms with Crippen LogP contribution < -0.4 is 25.4 Å². The number of anilines is 1. The van der Waals surface area contributed by atoms with E-state index in [-0.39, 0.29) is 19.1 Å². The van der Waals surface area contributed by atoms with Gasteiger partial charge in [-0.2, -0.15) is 0 Å². The number of nitrogens with zero attached hydrogens (tertiary/aromatic N) is 1. The first-order valence-corrected chi connectivity index (χ1v) is 10.4. The molecule has 0 saturated heterocycles. The Bertz CT molecular complexity index is 917. The Morgan fingerprint density at radius 2 is 1.97 bits per heavy atom. The summed E-state index contributed by atoms with van der Waals surface area (Å²) < 4.78 is 10.7. The van der Waals surface area contributed by atoms with Gasteiger partial charge in [-0.25, -0.2) is 0 Å². The Labute approximate surface area is 181 Å². The Hall–Kier alpha value is -2.93. The maximum absolute atomic E-state index is 12.2. The van der Waals surface area contributed by atoms with Crippen molar-refractivity contribution < 1.29 is 14.3 Å². The molecule has 7 nitrogen and oxygen atoms in total. The van der Waals surface area contributed by atoms with Gasteiger partial charge in [-0.15, -0.1) is 0 Å². The Morgan fingerprint density at radius 3 is 2.77 bits per heavy atom. The van der Waals surface area contributed by atoms with Crippen LogP contribution in [0.3, 0.4) is 0 Å². The smallest absolute Gasteiger partial charge is 0.231 e. The number of aliphatic imine (C=N–C) groups is 1. The second-order valence-electron chi connectivity index (χ2n) is 6.91. The predicted molar refractivity (Wildman–Crippen MR) is 120 cm³/mol. The molecule has 8 heteroatoms. The topological polar surface area (TPSA) is 84.0 Å². The molecule has 2 aromatic rings. The van der Waals surface area contributed by atoms with Crippen LogP contribution in [0.15, 0.2) is 41.4 Å². The van der Waals surface area contributed by atoms with Crippen molar-refractivity contribution in [1.82, 2.24) is 10.6 Å². The highest BCUT2D eigenvalue weighted by atomic mass is 35.5. The van der Waals surface area contributed by atoms with Crippen molar-refractivity contribution in [1.29, 1.82) is 0 Å². The van der Waals surface area contributed by atoms with Gasteiger partial charge in [0.05, 0.1) is 17.3 Å². The molecule has 0 saturated carbocycles. The predicted octanol–water partition coefficient (Wildman–Crippen LogP) is 3.50. The minimum Gasteiger partial charge on any atom is -0.454 e. The number of hydrogen-bond donors (Lipinski definition) is 3. The van der Waals surface area contributed by atoms with Crippen LogP contribution in [0.25, 0.3) is 0 Å². The van der Waals surface area contributed by atoms with E-state index >= 15 is 0 Å². The quantitative estimate of drug-likeness (QED) is 0.441. The fourth-order valence-electron chi connectivity index (χ4n) is 2.97. The van der Waals surface area contributed by atoms with Gasteiger partial charge < -0.3 is 25.4 Å². The zero-order chi connectivity index (χ0) is 21.3. The van der Waals surface area contributed by atoms with Gasteiger partial charge in [-0.1, -0.05) is 23.7 Å². The van der Waals surface area contributed by atoms with Crippen LogP contribution in [0.4, 0.5) is 5.69 Å². The number of halogens is 1. The maximum Gasteiger partial charge on any atom is 0.231 e. The summed E-state index contributed by atoms with van der Waals surface area (Å²) in [6.07, 6.45) is 1.08. The summed E-state index contributed by atoms with van der Waals surface area (Å²) >= 11 is 6.16. The van der Waals surface area contributed by atoms with Gasteiger partial charge in [-0.3, -0.25) is 9.79 Å². The van der Waals surface area contributed by atoms with Crippen LogP contribution in [0.5, 0.6) is 11.5 Å². The molecule has 1 amide bonds. The van der Waals surface area contributed by atoms with Gasteiger partial charge in [0.2, 0.25) is 12.7 Å². The normalized spacial score (nSPS) is 12.6. The summed E-state index contributed by atoms with van der Waals surface area (Å²) in [5.41, 5.74) is 2.81. The number of aryl methyl sites for hydroxylation is 1. The summed E-state index contributed by atoms with van der Waals surface area (Å²) in [6, 6.07) is 11.5. The first-order valence-electron chi connectivity index (χ1n) is 10.0. The van der Waals surface area contributed by atoms with Crippen molar-refractivity contribution in [2.24, 2.45) is 4.99 Å². The van der Waals surface area contributed by atoms with Crippen LogP contribution in [-0.4, -0.2) is 38.3 Å². The highest BCUT2D eigenvalue weighted by molar-refractivity contribution is 6.33. The summed E-state index contributed by atoms with van der Waals surface area (Å²) in [7, 11) is 0. The molecule has 0 atom stereocenters. The van der Waals surface area contributed by atoms with Crippen molar-refractivity contribution in [3.05, 3.63) is 52.5 Å². The van der Waals surface area contributed by atoms with Crippen molar-refractivity contribution in [2.45, 2.75) is 26.7 Å². The summed E-state index contributed by atoms with van der Waals surface area (Å²) in [5, 5.41) is 9.84. The third-order valence-electron chi connectivity index (χ3n) is 4.49. The third kappa shape index (κ3) is 6.29. The fourth-order valence-corrected chi connectivity index (χ4v) is 3.25.